The molecular formula is C15H23NS. The molecule has 94 valence electrons. The zero-order valence-corrected chi connectivity index (χ0v) is 11.9. The van der Waals surface area contributed by atoms with Crippen molar-refractivity contribution >= 4 is 11.9 Å². The van der Waals surface area contributed by atoms with Crippen molar-refractivity contribution in [1.29, 1.82) is 0 Å². The molecule has 0 unspecified atom stereocenters. The molecule has 2 heteroatoms. The van der Waals surface area contributed by atoms with E-state index in [1.165, 1.54) is 10.5 Å². The highest BCUT2D eigenvalue weighted by atomic mass is 32.2. The van der Waals surface area contributed by atoms with Gasteiger partial charge in [-0.3, -0.25) is 4.72 Å². The van der Waals surface area contributed by atoms with Crippen LogP contribution in [0.5, 0.6) is 0 Å². The topological polar surface area (TPSA) is 12.0 Å². The Bertz CT molecular complexity index is 338. The lowest BCUT2D eigenvalue weighted by Crippen LogP contribution is -2.11. The molecule has 1 N–H and O–H groups in total. The quantitative estimate of drug-likeness (QED) is 0.447. The Morgan fingerprint density at radius 2 is 1.88 bits per heavy atom. The van der Waals surface area contributed by atoms with Crippen LogP contribution in [0.15, 0.2) is 47.4 Å². The zero-order chi connectivity index (χ0) is 12.7. The monoisotopic (exact) mass is 249 g/mol. The summed E-state index contributed by atoms with van der Waals surface area (Å²) in [5.41, 5.74) is 1.58. The molecular weight excluding hydrogens is 226 g/mol. The van der Waals surface area contributed by atoms with Crippen molar-refractivity contribution in [2.45, 2.75) is 38.5 Å². The summed E-state index contributed by atoms with van der Waals surface area (Å²) in [6.45, 7) is 11.8. The highest BCUT2D eigenvalue weighted by Gasteiger charge is 2.13. The zero-order valence-electron chi connectivity index (χ0n) is 11.1. The third kappa shape index (κ3) is 5.94. The molecule has 17 heavy (non-hydrogen) atoms. The molecule has 0 saturated heterocycles. The van der Waals surface area contributed by atoms with E-state index in [1.54, 1.807) is 11.9 Å². The number of hydrogen-bond acceptors (Lipinski definition) is 2. The highest BCUT2D eigenvalue weighted by molar-refractivity contribution is 7.97. The van der Waals surface area contributed by atoms with Crippen molar-refractivity contribution in [2.24, 2.45) is 5.41 Å². The Morgan fingerprint density at radius 3 is 2.47 bits per heavy atom. The molecule has 0 aliphatic rings. The number of nitrogens with one attached hydrogen (secondary N) is 1. The largest absolute Gasteiger partial charge is 0.260 e. The normalized spacial score (nSPS) is 11.5. The fraction of sp³-hybridized carbons (Fsp3) is 0.467. The van der Waals surface area contributed by atoms with Crippen molar-refractivity contribution in [3.8, 4) is 0 Å². The smallest absolute Gasteiger partial charge is 0.0228 e. The van der Waals surface area contributed by atoms with E-state index in [0.717, 1.165) is 19.4 Å². The van der Waals surface area contributed by atoms with Crippen LogP contribution >= 0.6 is 11.9 Å². The minimum Gasteiger partial charge on any atom is -0.260 e. The van der Waals surface area contributed by atoms with E-state index in [4.69, 9.17) is 0 Å². The average molecular weight is 249 g/mol. The van der Waals surface area contributed by atoms with Gasteiger partial charge in [0.1, 0.15) is 0 Å². The summed E-state index contributed by atoms with van der Waals surface area (Å²) < 4.78 is 3.38. The first-order valence-corrected chi connectivity index (χ1v) is 6.95. The molecule has 0 radical (unpaired) electrons. The molecule has 0 fully saturated rings. The van der Waals surface area contributed by atoms with Crippen LogP contribution in [0, 0.1) is 5.41 Å². The van der Waals surface area contributed by atoms with Gasteiger partial charge in [0.05, 0.1) is 0 Å². The van der Waals surface area contributed by atoms with Gasteiger partial charge in [-0.2, -0.15) is 0 Å². The van der Waals surface area contributed by atoms with E-state index in [2.05, 4.69) is 56.3 Å². The average Bonchev–Trinajstić information content (AvgIpc) is 2.28. The second kappa shape index (κ2) is 6.87. The first-order chi connectivity index (χ1) is 8.00. The summed E-state index contributed by atoms with van der Waals surface area (Å²) in [4.78, 5) is 1.27. The van der Waals surface area contributed by atoms with Gasteiger partial charge in [-0.15, -0.1) is 0 Å². The molecule has 0 heterocycles. The second-order valence-electron chi connectivity index (χ2n) is 5.27. The Morgan fingerprint density at radius 1 is 1.24 bits per heavy atom. The molecule has 0 bridgehead atoms. The summed E-state index contributed by atoms with van der Waals surface area (Å²) in [7, 11) is 0. The molecule has 1 aromatic carbocycles. The fourth-order valence-electron chi connectivity index (χ4n) is 1.37. The van der Waals surface area contributed by atoms with Gasteiger partial charge in [-0.1, -0.05) is 51.1 Å². The number of benzene rings is 1. The van der Waals surface area contributed by atoms with Crippen LogP contribution in [0.1, 0.15) is 33.6 Å². The van der Waals surface area contributed by atoms with Crippen molar-refractivity contribution in [3.63, 3.8) is 0 Å². The fourth-order valence-corrected chi connectivity index (χ4v) is 2.08. The molecule has 1 aromatic rings. The predicted molar refractivity (Wildman–Crippen MR) is 78.1 cm³/mol. The van der Waals surface area contributed by atoms with Crippen LogP contribution in [0.3, 0.4) is 0 Å². The van der Waals surface area contributed by atoms with E-state index in [1.807, 2.05) is 6.07 Å². The van der Waals surface area contributed by atoms with E-state index in [-0.39, 0.29) is 5.41 Å². The Kier molecular flexibility index (Phi) is 5.79. The van der Waals surface area contributed by atoms with Gasteiger partial charge in [-0.05, 0) is 42.3 Å². The molecule has 1 rings (SSSR count). The van der Waals surface area contributed by atoms with Gasteiger partial charge in [0.25, 0.3) is 0 Å². The molecule has 1 nitrogen and oxygen atoms in total. The standard InChI is InChI=1S/C15H23NS/c1-13(15(2,3)4)9-8-12-16-17-14-10-6-5-7-11-14/h5-7,10-11,16H,1,8-9,12H2,2-4H3. The van der Waals surface area contributed by atoms with Crippen LogP contribution in [-0.4, -0.2) is 6.54 Å². The first-order valence-electron chi connectivity index (χ1n) is 6.13. The van der Waals surface area contributed by atoms with Gasteiger partial charge < -0.3 is 0 Å². The maximum Gasteiger partial charge on any atom is 0.0228 e. The number of hydrogen-bond donors (Lipinski definition) is 1. The van der Waals surface area contributed by atoms with Crippen LogP contribution in [0.4, 0.5) is 0 Å². The lowest BCUT2D eigenvalue weighted by Gasteiger charge is -2.21. The van der Waals surface area contributed by atoms with Crippen LogP contribution in [0.25, 0.3) is 0 Å². The molecule has 0 spiro atoms. The first kappa shape index (κ1) is 14.3. The second-order valence-corrected chi connectivity index (χ2v) is 6.23. The van der Waals surface area contributed by atoms with Crippen LogP contribution in [-0.2, 0) is 0 Å². The summed E-state index contributed by atoms with van der Waals surface area (Å²) in [5, 5.41) is 0. The third-order valence-electron chi connectivity index (χ3n) is 2.75. The van der Waals surface area contributed by atoms with Gasteiger partial charge in [0.2, 0.25) is 0 Å². The van der Waals surface area contributed by atoms with Crippen molar-refractivity contribution < 1.29 is 0 Å². The summed E-state index contributed by atoms with van der Waals surface area (Å²) in [6, 6.07) is 10.4. The highest BCUT2D eigenvalue weighted by Crippen LogP contribution is 2.26. The van der Waals surface area contributed by atoms with Crippen molar-refractivity contribution in [2.75, 3.05) is 6.54 Å². The van der Waals surface area contributed by atoms with Crippen LogP contribution in [0.2, 0.25) is 0 Å². The Labute approximate surface area is 110 Å². The number of allylic oxidation sites excluding steroid dienone is 1. The Balaban J connectivity index is 2.12. The minimum atomic E-state index is 0.243. The molecule has 0 amide bonds. The minimum absolute atomic E-state index is 0.243. The van der Waals surface area contributed by atoms with Gasteiger partial charge in [0, 0.05) is 11.4 Å². The van der Waals surface area contributed by atoms with E-state index in [0.29, 0.717) is 0 Å². The maximum absolute atomic E-state index is 4.15. The summed E-state index contributed by atoms with van der Waals surface area (Å²) in [6.07, 6.45) is 2.25. The van der Waals surface area contributed by atoms with Crippen molar-refractivity contribution in [1.82, 2.24) is 4.72 Å². The molecule has 0 saturated carbocycles. The molecule has 0 aliphatic carbocycles. The lowest BCUT2D eigenvalue weighted by molar-refractivity contribution is 0.479. The van der Waals surface area contributed by atoms with E-state index in [9.17, 15) is 0 Å². The van der Waals surface area contributed by atoms with Crippen molar-refractivity contribution in [3.05, 3.63) is 42.5 Å². The van der Waals surface area contributed by atoms with E-state index < -0.39 is 0 Å². The molecule has 0 aliphatic heterocycles. The SMILES string of the molecule is C=C(CCCNSc1ccccc1)C(C)(C)C. The third-order valence-corrected chi connectivity index (χ3v) is 3.61. The molecule has 0 atom stereocenters. The van der Waals surface area contributed by atoms with Crippen LogP contribution < -0.4 is 4.72 Å². The lowest BCUT2D eigenvalue weighted by atomic mass is 9.85. The predicted octanol–water partition coefficient (Wildman–Crippen LogP) is 4.67. The summed E-state index contributed by atoms with van der Waals surface area (Å²) >= 11 is 1.70. The van der Waals surface area contributed by atoms with Gasteiger partial charge >= 0.3 is 0 Å². The van der Waals surface area contributed by atoms with Gasteiger partial charge in [0.15, 0.2) is 0 Å². The van der Waals surface area contributed by atoms with Gasteiger partial charge in [-0.25, -0.2) is 0 Å². The molecule has 0 aromatic heterocycles. The number of rotatable bonds is 6. The summed E-state index contributed by atoms with van der Waals surface area (Å²) in [5.74, 6) is 0. The Hall–Kier alpha value is -0.730. The van der Waals surface area contributed by atoms with E-state index >= 15 is 0 Å². The maximum atomic E-state index is 4.15.